The van der Waals surface area contributed by atoms with Crippen molar-refractivity contribution in [3.05, 3.63) is 376 Å². The highest BCUT2D eigenvalue weighted by Gasteiger charge is 2.30. The SMILES string of the molecule is O=P(c1ccccc1)(c1ccccc1)c1ccc(-c2ccc3c(c2)nc(-c2ccccc2)c2ccc4nsnc4c23)cc1.c1ccc(-c2ccc3ccc4ccc(-c5ccc6c(c5)nc(-c5ccccc5)c5ccc7nsnc7c56)nc4c3n2)cc1.c1ccc(-c2nc3cc(-c4ccc5ccc6cccnc6c5n4)ccc3c3c2ccc2nsnc23)cc1. The zero-order valence-electron chi connectivity index (χ0n) is 65.2. The van der Waals surface area contributed by atoms with Crippen LogP contribution < -0.4 is 15.9 Å². The third-order valence-electron chi connectivity index (χ3n) is 23.1. The Labute approximate surface area is 715 Å². The number of fused-ring (bicyclic) bond motifs is 21. The minimum Gasteiger partial charge on any atom is -0.309 e. The molecule has 0 saturated carbocycles. The third kappa shape index (κ3) is 12.9. The highest BCUT2D eigenvalue weighted by Crippen LogP contribution is 2.46. The fraction of sp³-hybridized carbons (Fsp3) is 0. The zero-order chi connectivity index (χ0) is 81.5. The molecule has 0 amide bonds. The minimum atomic E-state index is -3.04. The van der Waals surface area contributed by atoms with E-state index in [2.05, 4.69) is 231 Å². The maximum absolute atomic E-state index is 14.8. The van der Waals surface area contributed by atoms with Crippen LogP contribution in [0.5, 0.6) is 0 Å². The van der Waals surface area contributed by atoms with E-state index in [1.165, 1.54) is 35.2 Å². The van der Waals surface area contributed by atoms with E-state index in [0.29, 0.717) is 0 Å². The van der Waals surface area contributed by atoms with Gasteiger partial charge in [-0.1, -0.05) is 291 Å². The Morgan fingerprint density at radius 1 is 0.203 bits per heavy atom. The predicted molar refractivity (Wildman–Crippen MR) is 509 cm³/mol. The van der Waals surface area contributed by atoms with Gasteiger partial charge in [-0.15, -0.1) is 0 Å². The van der Waals surface area contributed by atoms with Gasteiger partial charge in [0.25, 0.3) is 0 Å². The van der Waals surface area contributed by atoms with Crippen LogP contribution in [0.4, 0.5) is 0 Å². The van der Waals surface area contributed by atoms with Crippen LogP contribution in [0.1, 0.15) is 0 Å². The molecule has 25 aromatic rings. The summed E-state index contributed by atoms with van der Waals surface area (Å²) in [5.74, 6) is 0. The summed E-state index contributed by atoms with van der Waals surface area (Å²) < 4.78 is 42.3. The largest absolute Gasteiger partial charge is 0.309 e. The van der Waals surface area contributed by atoms with E-state index in [1.807, 2.05) is 176 Å². The molecule has 0 bridgehead atoms. The first-order valence-electron chi connectivity index (χ1n) is 40.2. The van der Waals surface area contributed by atoms with Gasteiger partial charge in [-0.25, -0.2) is 29.9 Å². The first-order chi connectivity index (χ1) is 60.8. The smallest absolute Gasteiger partial charge is 0.171 e. The Kier molecular flexibility index (Phi) is 18.0. The molecule has 0 radical (unpaired) electrons. The van der Waals surface area contributed by atoms with E-state index in [0.717, 1.165) is 236 Å². The van der Waals surface area contributed by atoms with Gasteiger partial charge < -0.3 is 4.57 Å². The van der Waals surface area contributed by atoms with Crippen LogP contribution in [-0.4, -0.2) is 61.1 Å². The number of nitrogens with zero attached hydrogens (tertiary/aromatic N) is 13. The molecule has 0 saturated heterocycles. The Morgan fingerprint density at radius 2 is 0.512 bits per heavy atom. The van der Waals surface area contributed by atoms with E-state index in [9.17, 15) is 4.57 Å². The summed E-state index contributed by atoms with van der Waals surface area (Å²) in [4.78, 5) is 35.5. The average molecular weight is 1650 g/mol. The molecule has 18 heteroatoms. The minimum absolute atomic E-state index is 0.809. The average Bonchev–Trinajstić information content (AvgIpc) is 1.73. The molecule has 0 unspecified atom stereocenters. The van der Waals surface area contributed by atoms with Crippen LogP contribution >= 0.6 is 42.3 Å². The summed E-state index contributed by atoms with van der Waals surface area (Å²) in [7, 11) is -3.04. The summed E-state index contributed by atoms with van der Waals surface area (Å²) >= 11 is 3.72. The van der Waals surface area contributed by atoms with Gasteiger partial charge in [0, 0.05) is 126 Å². The van der Waals surface area contributed by atoms with Gasteiger partial charge in [0.2, 0.25) is 0 Å². The maximum atomic E-state index is 14.8. The summed E-state index contributed by atoms with van der Waals surface area (Å²) in [5, 5.41) is 16.4. The zero-order valence-corrected chi connectivity index (χ0v) is 68.5. The predicted octanol–water partition coefficient (Wildman–Crippen LogP) is 25.7. The van der Waals surface area contributed by atoms with E-state index in [1.54, 1.807) is 0 Å². The molecule has 0 aliphatic rings. The summed E-state index contributed by atoms with van der Waals surface area (Å²) in [5.41, 5.74) is 25.6. The van der Waals surface area contributed by atoms with Crippen LogP contribution in [0.3, 0.4) is 0 Å². The fourth-order valence-electron chi connectivity index (χ4n) is 17.1. The highest BCUT2D eigenvalue weighted by molar-refractivity contribution is 7.85. The second kappa shape index (κ2) is 30.5. The lowest BCUT2D eigenvalue weighted by Crippen LogP contribution is -2.24. The number of rotatable bonds is 10. The molecule has 10 heterocycles. The molecule has 0 fully saturated rings. The molecule has 0 spiro atoms. The summed E-state index contributed by atoms with van der Waals surface area (Å²) in [6.07, 6.45) is 1.82. The number of benzene rings is 15. The van der Waals surface area contributed by atoms with E-state index in [4.69, 9.17) is 29.9 Å². The van der Waals surface area contributed by atoms with Crippen LogP contribution in [0.15, 0.2) is 376 Å². The van der Waals surface area contributed by atoms with Crippen LogP contribution in [-0.2, 0) is 4.57 Å². The molecule has 25 rings (SSSR count). The number of pyridine rings is 7. The first-order valence-corrected chi connectivity index (χ1v) is 44.1. The van der Waals surface area contributed by atoms with Gasteiger partial charge in [0.05, 0.1) is 108 Å². The quantitative estimate of drug-likeness (QED) is 0.0930. The molecule has 15 aromatic carbocycles. The Bertz CT molecular complexity index is 8510. The van der Waals surface area contributed by atoms with Crippen molar-refractivity contribution in [2.24, 2.45) is 0 Å². The lowest BCUT2D eigenvalue weighted by atomic mass is 9.97. The van der Waals surface area contributed by atoms with Crippen molar-refractivity contribution in [1.82, 2.24) is 61.1 Å². The summed E-state index contributed by atoms with van der Waals surface area (Å²) in [6, 6.07) is 126. The van der Waals surface area contributed by atoms with Gasteiger partial charge in [-0.05, 0) is 90.0 Å². The van der Waals surface area contributed by atoms with Crippen molar-refractivity contribution in [2.45, 2.75) is 0 Å². The second-order valence-electron chi connectivity index (χ2n) is 30.2. The van der Waals surface area contributed by atoms with E-state index >= 15 is 0 Å². The number of hydrogen-bond donors (Lipinski definition) is 0. The third-order valence-corrected chi connectivity index (χ3v) is 27.8. The van der Waals surface area contributed by atoms with E-state index < -0.39 is 7.14 Å². The van der Waals surface area contributed by atoms with Crippen molar-refractivity contribution >= 4 is 200 Å². The van der Waals surface area contributed by atoms with Crippen molar-refractivity contribution in [2.75, 3.05) is 0 Å². The Balaban J connectivity index is 0.000000107. The molecular weight excluding hydrogens is 1590 g/mol. The van der Waals surface area contributed by atoms with Gasteiger partial charge in [-0.3, -0.25) is 4.98 Å². The Morgan fingerprint density at radius 3 is 0.911 bits per heavy atom. The topological polar surface area (TPSA) is 185 Å². The van der Waals surface area contributed by atoms with Gasteiger partial charge in [0.1, 0.15) is 33.1 Å². The Hall–Kier alpha value is -15.4. The summed E-state index contributed by atoms with van der Waals surface area (Å²) in [6.45, 7) is 0. The van der Waals surface area contributed by atoms with Crippen molar-refractivity contribution in [1.29, 1.82) is 0 Å². The lowest BCUT2D eigenvalue weighted by Gasteiger charge is -2.20. The number of aromatic nitrogens is 13. The normalized spacial score (nSPS) is 11.8. The lowest BCUT2D eigenvalue weighted by molar-refractivity contribution is 0.592. The molecule has 10 aromatic heterocycles. The van der Waals surface area contributed by atoms with Crippen LogP contribution in [0, 0.1) is 0 Å². The van der Waals surface area contributed by atoms with Gasteiger partial charge in [-0.2, -0.15) is 26.2 Å². The molecule has 0 aliphatic carbocycles. The molecule has 576 valence electrons. The fourth-order valence-corrected chi connectivity index (χ4v) is 21.4. The second-order valence-corrected chi connectivity index (χ2v) is 34.6. The molecule has 14 nitrogen and oxygen atoms in total. The van der Waals surface area contributed by atoms with E-state index in [-0.39, 0.29) is 0 Å². The van der Waals surface area contributed by atoms with Crippen LogP contribution in [0.2, 0.25) is 0 Å². The molecular formula is C105H62N13OPS3. The molecule has 0 N–H and O–H groups in total. The standard InChI is InChI=1S/C37H21N5S.C37H24N3OPS.C31H17N5S/c1-3-7-22(8-4-1)29-18-14-24-11-12-25-15-19-30(39-36(25)35(24)38-29)26-13-16-27-32(21-26)40-34(23-9-5-2-6-10-23)28-17-20-31-37(33(27)28)42-43-41-31;41-42(28-12-6-2-7-13-28,29-14-8-3-9-15-29)30-19-16-25(17-20-30)27-18-21-31-34(24-27)38-36(26-10-4-1-5-11-26)32-22-23-33-37(35(31)32)40-43-39-33;1-2-5-18(6-3-1)28-23-13-15-25-31(36-37-35-25)27(23)22-12-10-21(17-26(22)34-28)24-14-11-20-9-8-19-7-4-16-32-29(19)30(20)33-24/h1-21H;1-24H;1-17H. The van der Waals surface area contributed by atoms with Gasteiger partial charge >= 0.3 is 0 Å². The highest BCUT2D eigenvalue weighted by atomic mass is 32.1. The molecule has 0 atom stereocenters. The number of hydrogen-bond acceptors (Lipinski definition) is 17. The van der Waals surface area contributed by atoms with Crippen molar-refractivity contribution in [3.8, 4) is 78.7 Å². The van der Waals surface area contributed by atoms with Crippen molar-refractivity contribution in [3.63, 3.8) is 0 Å². The first kappa shape index (κ1) is 72.8. The molecule has 123 heavy (non-hydrogen) atoms. The van der Waals surface area contributed by atoms with Crippen LogP contribution in [0.25, 0.3) is 220 Å². The van der Waals surface area contributed by atoms with Gasteiger partial charge in [0.15, 0.2) is 7.14 Å². The van der Waals surface area contributed by atoms with Crippen molar-refractivity contribution < 1.29 is 4.57 Å². The monoisotopic (exact) mass is 1650 g/mol. The maximum Gasteiger partial charge on any atom is 0.171 e. The molecule has 0 aliphatic heterocycles.